The largest absolute Gasteiger partial charge is 0.493 e. The van der Waals surface area contributed by atoms with Crippen molar-refractivity contribution in [1.82, 2.24) is 5.32 Å². The molecular weight excluding hydrogens is 379 g/mol. The van der Waals surface area contributed by atoms with Gasteiger partial charge in [0.15, 0.2) is 11.5 Å². The van der Waals surface area contributed by atoms with Gasteiger partial charge >= 0.3 is 6.03 Å². The van der Waals surface area contributed by atoms with Gasteiger partial charge in [0.05, 0.1) is 33.1 Å². The number of methoxy groups -OCH3 is 3. The normalized spacial score (nSPS) is 11.5. The van der Waals surface area contributed by atoms with Crippen molar-refractivity contribution in [1.29, 1.82) is 0 Å². The van der Waals surface area contributed by atoms with E-state index in [1.165, 1.54) is 21.3 Å². The zero-order valence-corrected chi connectivity index (χ0v) is 16.4. The van der Waals surface area contributed by atoms with Gasteiger partial charge in [-0.3, -0.25) is 0 Å². The molecule has 0 saturated heterocycles. The minimum Gasteiger partial charge on any atom is -0.493 e. The third-order valence-electron chi connectivity index (χ3n) is 3.70. The molecule has 0 aromatic heterocycles. The zero-order valence-electron chi connectivity index (χ0n) is 14.9. The SMILES string of the molecule is COc1cc(NC(=O)NC(C)c2ccc(Cl)cc2Cl)cc(OC)c1OC. The molecule has 2 aromatic carbocycles. The average Bonchev–Trinajstić information content (AvgIpc) is 2.60. The quantitative estimate of drug-likeness (QED) is 0.725. The van der Waals surface area contributed by atoms with E-state index >= 15 is 0 Å². The number of amides is 2. The molecule has 1 atom stereocenters. The summed E-state index contributed by atoms with van der Waals surface area (Å²) in [6.45, 7) is 1.82. The zero-order chi connectivity index (χ0) is 19.3. The van der Waals surface area contributed by atoms with Crippen molar-refractivity contribution < 1.29 is 19.0 Å². The first-order valence-corrected chi connectivity index (χ1v) is 8.47. The third kappa shape index (κ3) is 4.65. The molecule has 0 heterocycles. The molecule has 140 valence electrons. The Morgan fingerprint density at radius 2 is 1.62 bits per heavy atom. The van der Waals surface area contributed by atoms with Gasteiger partial charge in [0, 0.05) is 22.2 Å². The number of hydrogen-bond acceptors (Lipinski definition) is 4. The highest BCUT2D eigenvalue weighted by Gasteiger charge is 2.16. The molecule has 0 aliphatic heterocycles. The van der Waals surface area contributed by atoms with Crippen LogP contribution in [0, 0.1) is 0 Å². The number of carbonyl (C=O) groups is 1. The number of nitrogens with one attached hydrogen (secondary N) is 2. The fraction of sp³-hybridized carbons (Fsp3) is 0.278. The van der Waals surface area contributed by atoms with Gasteiger partial charge in [-0.2, -0.15) is 0 Å². The number of ether oxygens (including phenoxy) is 3. The lowest BCUT2D eigenvalue weighted by Crippen LogP contribution is -2.31. The van der Waals surface area contributed by atoms with Gasteiger partial charge in [0.1, 0.15) is 0 Å². The highest BCUT2D eigenvalue weighted by Crippen LogP contribution is 2.40. The lowest BCUT2D eigenvalue weighted by atomic mass is 10.1. The summed E-state index contributed by atoms with van der Waals surface area (Å²) in [5.74, 6) is 1.33. The molecule has 2 amide bonds. The maximum absolute atomic E-state index is 12.3. The molecule has 6 nitrogen and oxygen atoms in total. The van der Waals surface area contributed by atoms with Crippen molar-refractivity contribution in [2.45, 2.75) is 13.0 Å². The van der Waals surface area contributed by atoms with Gasteiger partial charge in [-0.15, -0.1) is 0 Å². The average molecular weight is 399 g/mol. The molecule has 0 aliphatic rings. The minimum atomic E-state index is -0.405. The number of anilines is 1. The van der Waals surface area contributed by atoms with Crippen LogP contribution in [0.3, 0.4) is 0 Å². The molecule has 0 spiro atoms. The van der Waals surface area contributed by atoms with E-state index in [1.54, 1.807) is 30.3 Å². The van der Waals surface area contributed by atoms with Crippen molar-refractivity contribution in [2.75, 3.05) is 26.6 Å². The van der Waals surface area contributed by atoms with Crippen molar-refractivity contribution in [3.8, 4) is 17.2 Å². The monoisotopic (exact) mass is 398 g/mol. The number of halogens is 2. The second kappa shape index (κ2) is 8.87. The third-order valence-corrected chi connectivity index (χ3v) is 4.26. The van der Waals surface area contributed by atoms with E-state index in [1.807, 2.05) is 6.92 Å². The number of hydrogen-bond donors (Lipinski definition) is 2. The van der Waals surface area contributed by atoms with Crippen LogP contribution in [-0.2, 0) is 0 Å². The maximum atomic E-state index is 12.3. The van der Waals surface area contributed by atoms with Gasteiger partial charge in [0.25, 0.3) is 0 Å². The van der Waals surface area contributed by atoms with Crippen LogP contribution in [0.5, 0.6) is 17.2 Å². The molecular formula is C18H20Cl2N2O4. The van der Waals surface area contributed by atoms with Gasteiger partial charge in [0.2, 0.25) is 5.75 Å². The molecule has 1 unspecified atom stereocenters. The highest BCUT2D eigenvalue weighted by molar-refractivity contribution is 6.35. The van der Waals surface area contributed by atoms with Crippen molar-refractivity contribution in [2.24, 2.45) is 0 Å². The number of carbonyl (C=O) groups excluding carboxylic acids is 1. The second-order valence-electron chi connectivity index (χ2n) is 5.40. The molecule has 8 heteroatoms. The Morgan fingerprint density at radius 3 is 2.12 bits per heavy atom. The van der Waals surface area contributed by atoms with Crippen molar-refractivity contribution in [3.63, 3.8) is 0 Å². The van der Waals surface area contributed by atoms with E-state index in [4.69, 9.17) is 37.4 Å². The van der Waals surface area contributed by atoms with E-state index in [-0.39, 0.29) is 6.04 Å². The summed E-state index contributed by atoms with van der Waals surface area (Å²) in [5.41, 5.74) is 1.25. The molecule has 0 aliphatic carbocycles. The maximum Gasteiger partial charge on any atom is 0.319 e. The van der Waals surface area contributed by atoms with Crippen LogP contribution in [0.2, 0.25) is 10.0 Å². The fourth-order valence-corrected chi connectivity index (χ4v) is 3.02. The Balaban J connectivity index is 2.14. The Morgan fingerprint density at radius 1 is 1.00 bits per heavy atom. The molecule has 26 heavy (non-hydrogen) atoms. The summed E-state index contributed by atoms with van der Waals surface area (Å²) in [4.78, 5) is 12.3. The lowest BCUT2D eigenvalue weighted by molar-refractivity contribution is 0.249. The van der Waals surface area contributed by atoms with E-state index in [0.29, 0.717) is 33.0 Å². The van der Waals surface area contributed by atoms with Crippen LogP contribution in [0.15, 0.2) is 30.3 Å². The van der Waals surface area contributed by atoms with Crippen LogP contribution in [0.1, 0.15) is 18.5 Å². The molecule has 0 bridgehead atoms. The van der Waals surface area contributed by atoms with Crippen LogP contribution in [0.25, 0.3) is 0 Å². The number of rotatable bonds is 6. The van der Waals surface area contributed by atoms with Crippen LogP contribution < -0.4 is 24.8 Å². The van der Waals surface area contributed by atoms with Crippen molar-refractivity contribution >= 4 is 34.9 Å². The molecule has 0 radical (unpaired) electrons. The Labute approximate surface area is 162 Å². The van der Waals surface area contributed by atoms with E-state index in [0.717, 1.165) is 5.56 Å². The van der Waals surface area contributed by atoms with Crippen molar-refractivity contribution in [3.05, 3.63) is 45.9 Å². The van der Waals surface area contributed by atoms with E-state index in [2.05, 4.69) is 10.6 Å². The first-order chi connectivity index (χ1) is 12.4. The van der Waals surface area contributed by atoms with Crippen LogP contribution in [-0.4, -0.2) is 27.4 Å². The molecule has 0 saturated carbocycles. The predicted octanol–water partition coefficient (Wildman–Crippen LogP) is 4.90. The van der Waals surface area contributed by atoms with E-state index < -0.39 is 6.03 Å². The minimum absolute atomic E-state index is 0.318. The predicted molar refractivity (Wildman–Crippen MR) is 103 cm³/mol. The number of urea groups is 1. The lowest BCUT2D eigenvalue weighted by Gasteiger charge is -2.18. The Bertz CT molecular complexity index is 774. The number of benzene rings is 2. The highest BCUT2D eigenvalue weighted by atomic mass is 35.5. The van der Waals surface area contributed by atoms with Crippen LogP contribution in [0.4, 0.5) is 10.5 Å². The fourth-order valence-electron chi connectivity index (χ4n) is 2.45. The van der Waals surface area contributed by atoms with Gasteiger partial charge < -0.3 is 24.8 Å². The Hall–Kier alpha value is -2.31. The summed E-state index contributed by atoms with van der Waals surface area (Å²) in [6, 6.07) is 7.68. The molecule has 2 rings (SSSR count). The van der Waals surface area contributed by atoms with Gasteiger partial charge in [-0.05, 0) is 24.6 Å². The first kappa shape index (κ1) is 20.0. The standard InChI is InChI=1S/C18H20Cl2N2O4/c1-10(13-6-5-11(19)7-14(13)20)21-18(23)22-12-8-15(24-2)17(26-4)16(9-12)25-3/h5-10H,1-4H3,(H2,21,22,23). The van der Waals surface area contributed by atoms with Gasteiger partial charge in [-0.1, -0.05) is 29.3 Å². The topological polar surface area (TPSA) is 68.8 Å². The summed E-state index contributed by atoms with van der Waals surface area (Å²) < 4.78 is 15.8. The smallest absolute Gasteiger partial charge is 0.319 e. The van der Waals surface area contributed by atoms with E-state index in [9.17, 15) is 4.79 Å². The summed E-state index contributed by atoms with van der Waals surface area (Å²) in [5, 5.41) is 6.58. The van der Waals surface area contributed by atoms with Gasteiger partial charge in [-0.25, -0.2) is 4.79 Å². The molecule has 2 aromatic rings. The molecule has 0 fully saturated rings. The Kier molecular flexibility index (Phi) is 6.83. The first-order valence-electron chi connectivity index (χ1n) is 7.72. The van der Waals surface area contributed by atoms with Crippen LogP contribution >= 0.6 is 23.2 Å². The summed E-state index contributed by atoms with van der Waals surface area (Å²) in [6.07, 6.45) is 0. The summed E-state index contributed by atoms with van der Waals surface area (Å²) in [7, 11) is 4.52. The second-order valence-corrected chi connectivity index (χ2v) is 6.24. The molecule has 2 N–H and O–H groups in total. The summed E-state index contributed by atoms with van der Waals surface area (Å²) >= 11 is 12.1.